The van der Waals surface area contributed by atoms with E-state index in [9.17, 15) is 4.79 Å². The fourth-order valence-electron chi connectivity index (χ4n) is 1.87. The average Bonchev–Trinajstić information content (AvgIpc) is 2.25. The van der Waals surface area contributed by atoms with Gasteiger partial charge in [0.1, 0.15) is 6.04 Å². The number of rotatable bonds is 5. The highest BCUT2D eigenvalue weighted by molar-refractivity contribution is 5.73. The molecule has 0 heterocycles. The predicted octanol–water partition coefficient (Wildman–Crippen LogP) is 1.67. The highest BCUT2D eigenvalue weighted by atomic mass is 16.4. The van der Waals surface area contributed by atoms with E-state index >= 15 is 0 Å². The topological polar surface area (TPSA) is 98.1 Å². The number of carboxylic acid groups (broad SMARTS) is 1. The van der Waals surface area contributed by atoms with Crippen LogP contribution in [0.4, 0.5) is 0 Å². The molecule has 2 N–H and O–H groups in total. The molecule has 0 bridgehead atoms. The Morgan fingerprint density at radius 3 is 2.73 bits per heavy atom. The Morgan fingerprint density at radius 1 is 1.53 bits per heavy atom. The van der Waals surface area contributed by atoms with Gasteiger partial charge >= 0.3 is 5.97 Å². The lowest BCUT2D eigenvalue weighted by molar-refractivity contribution is -0.139. The van der Waals surface area contributed by atoms with Gasteiger partial charge in [0.05, 0.1) is 6.54 Å². The van der Waals surface area contributed by atoms with Crippen LogP contribution in [0, 0.1) is 0 Å². The molecule has 1 saturated carbocycles. The van der Waals surface area contributed by atoms with E-state index in [4.69, 9.17) is 10.6 Å². The van der Waals surface area contributed by atoms with Gasteiger partial charge in [0.25, 0.3) is 0 Å². The molecule has 15 heavy (non-hydrogen) atoms. The molecule has 0 spiro atoms. The van der Waals surface area contributed by atoms with Crippen LogP contribution in [0.1, 0.15) is 32.1 Å². The lowest BCUT2D eigenvalue weighted by atomic mass is 9.95. The first-order chi connectivity index (χ1) is 7.24. The number of nitrogens with zero attached hydrogens (tertiary/aromatic N) is 3. The number of azide groups is 1. The Labute approximate surface area is 88.3 Å². The molecule has 0 amide bonds. The van der Waals surface area contributed by atoms with Crippen LogP contribution in [0.3, 0.4) is 0 Å². The fraction of sp³-hybridized carbons (Fsp3) is 0.889. The van der Waals surface area contributed by atoms with Crippen LogP contribution >= 0.6 is 0 Å². The van der Waals surface area contributed by atoms with Crippen molar-refractivity contribution >= 4 is 5.97 Å². The monoisotopic (exact) mass is 212 g/mol. The van der Waals surface area contributed by atoms with Gasteiger partial charge in [0.15, 0.2) is 0 Å². The van der Waals surface area contributed by atoms with Crippen molar-refractivity contribution in [1.29, 1.82) is 0 Å². The quantitative estimate of drug-likeness (QED) is 0.412. The normalized spacial score (nSPS) is 19.2. The van der Waals surface area contributed by atoms with Crippen molar-refractivity contribution in [3.05, 3.63) is 10.4 Å². The molecule has 0 saturated heterocycles. The van der Waals surface area contributed by atoms with E-state index in [-0.39, 0.29) is 12.6 Å². The predicted molar refractivity (Wildman–Crippen MR) is 55.4 cm³/mol. The number of hydrogen-bond donors (Lipinski definition) is 2. The van der Waals surface area contributed by atoms with Crippen molar-refractivity contribution < 1.29 is 9.90 Å². The zero-order valence-corrected chi connectivity index (χ0v) is 8.59. The molecule has 1 atom stereocenters. The summed E-state index contributed by atoms with van der Waals surface area (Å²) in [6.45, 7) is -0.0255. The first-order valence-corrected chi connectivity index (χ1v) is 5.23. The maximum atomic E-state index is 10.8. The summed E-state index contributed by atoms with van der Waals surface area (Å²) in [5.41, 5.74) is 8.14. The highest BCUT2D eigenvalue weighted by Gasteiger charge is 2.21. The molecule has 1 fully saturated rings. The van der Waals surface area contributed by atoms with E-state index in [1.807, 2.05) is 0 Å². The Hall–Kier alpha value is -1.26. The van der Waals surface area contributed by atoms with E-state index in [1.54, 1.807) is 0 Å². The summed E-state index contributed by atoms with van der Waals surface area (Å²) in [7, 11) is 0. The third-order valence-corrected chi connectivity index (χ3v) is 2.67. The molecular weight excluding hydrogens is 196 g/mol. The largest absolute Gasteiger partial charge is 0.480 e. The number of aliphatic carboxylic acids is 1. The van der Waals surface area contributed by atoms with Crippen molar-refractivity contribution in [2.24, 2.45) is 5.11 Å². The zero-order valence-electron chi connectivity index (χ0n) is 8.59. The van der Waals surface area contributed by atoms with E-state index in [0.717, 1.165) is 25.7 Å². The van der Waals surface area contributed by atoms with Gasteiger partial charge in [-0.1, -0.05) is 24.4 Å². The Morgan fingerprint density at radius 2 is 2.20 bits per heavy atom. The summed E-state index contributed by atoms with van der Waals surface area (Å²) in [5, 5.41) is 15.2. The van der Waals surface area contributed by atoms with Crippen molar-refractivity contribution in [1.82, 2.24) is 5.32 Å². The van der Waals surface area contributed by atoms with Crippen LogP contribution in [0.25, 0.3) is 10.4 Å². The van der Waals surface area contributed by atoms with Crippen LogP contribution in [0.2, 0.25) is 0 Å². The third kappa shape index (κ3) is 4.18. The minimum absolute atomic E-state index is 0.0255. The minimum Gasteiger partial charge on any atom is -0.480 e. The first-order valence-electron chi connectivity index (χ1n) is 5.23. The Bertz CT molecular complexity index is 257. The number of carbonyl (C=O) groups is 1. The second-order valence-corrected chi connectivity index (χ2v) is 3.81. The lowest BCUT2D eigenvalue weighted by Crippen LogP contribution is -2.45. The summed E-state index contributed by atoms with van der Waals surface area (Å²) in [5.74, 6) is -0.951. The SMILES string of the molecule is [N-]=[N+]=NCC(NC1CCCCC1)C(=O)O. The van der Waals surface area contributed by atoms with Crippen LogP contribution < -0.4 is 5.32 Å². The summed E-state index contributed by atoms with van der Waals surface area (Å²) in [6, 6.07) is -0.488. The first kappa shape index (κ1) is 11.8. The van der Waals surface area contributed by atoms with Gasteiger partial charge in [-0.15, -0.1) is 0 Å². The van der Waals surface area contributed by atoms with E-state index in [1.165, 1.54) is 6.42 Å². The van der Waals surface area contributed by atoms with Gasteiger partial charge < -0.3 is 10.4 Å². The third-order valence-electron chi connectivity index (χ3n) is 2.67. The maximum absolute atomic E-state index is 10.8. The van der Waals surface area contributed by atoms with Crippen LogP contribution in [-0.4, -0.2) is 29.7 Å². The highest BCUT2D eigenvalue weighted by Crippen LogP contribution is 2.17. The zero-order chi connectivity index (χ0) is 11.1. The molecule has 6 heteroatoms. The summed E-state index contributed by atoms with van der Waals surface area (Å²) >= 11 is 0. The van der Waals surface area contributed by atoms with Gasteiger partial charge in [0, 0.05) is 11.0 Å². The maximum Gasteiger partial charge on any atom is 0.320 e. The molecule has 6 nitrogen and oxygen atoms in total. The second kappa shape index (κ2) is 6.27. The van der Waals surface area contributed by atoms with Gasteiger partial charge in [-0.05, 0) is 18.4 Å². The molecule has 0 aromatic rings. The van der Waals surface area contributed by atoms with E-state index in [0.29, 0.717) is 0 Å². The number of carboxylic acids is 1. The van der Waals surface area contributed by atoms with Crippen LogP contribution in [0.15, 0.2) is 5.11 Å². The van der Waals surface area contributed by atoms with Crippen LogP contribution in [-0.2, 0) is 4.79 Å². The molecule has 1 aliphatic carbocycles. The van der Waals surface area contributed by atoms with Crippen molar-refractivity contribution in [3.8, 4) is 0 Å². The Kier molecular flexibility index (Phi) is 4.93. The lowest BCUT2D eigenvalue weighted by Gasteiger charge is -2.25. The molecule has 0 radical (unpaired) electrons. The van der Waals surface area contributed by atoms with Gasteiger partial charge in [-0.3, -0.25) is 4.79 Å². The second-order valence-electron chi connectivity index (χ2n) is 3.81. The number of hydrogen-bond acceptors (Lipinski definition) is 3. The molecule has 84 valence electrons. The van der Waals surface area contributed by atoms with E-state index < -0.39 is 12.0 Å². The van der Waals surface area contributed by atoms with Crippen molar-refractivity contribution in [3.63, 3.8) is 0 Å². The van der Waals surface area contributed by atoms with Crippen LogP contribution in [0.5, 0.6) is 0 Å². The molecule has 0 aromatic carbocycles. The van der Waals surface area contributed by atoms with Crippen molar-refractivity contribution in [2.45, 2.75) is 44.2 Å². The molecular formula is C9H16N4O2. The fourth-order valence-corrected chi connectivity index (χ4v) is 1.87. The van der Waals surface area contributed by atoms with Crippen molar-refractivity contribution in [2.75, 3.05) is 6.54 Å². The number of nitrogens with one attached hydrogen (secondary N) is 1. The molecule has 1 rings (SSSR count). The summed E-state index contributed by atoms with van der Waals surface area (Å²) in [4.78, 5) is 13.4. The molecule has 0 aromatic heterocycles. The minimum atomic E-state index is -0.951. The Balaban J connectivity index is 2.41. The molecule has 0 aliphatic heterocycles. The summed E-state index contributed by atoms with van der Waals surface area (Å²) < 4.78 is 0. The molecule has 1 aliphatic rings. The van der Waals surface area contributed by atoms with Gasteiger partial charge in [0.2, 0.25) is 0 Å². The smallest absolute Gasteiger partial charge is 0.320 e. The van der Waals surface area contributed by atoms with E-state index in [2.05, 4.69) is 15.3 Å². The summed E-state index contributed by atoms with van der Waals surface area (Å²) in [6.07, 6.45) is 5.55. The van der Waals surface area contributed by atoms with Gasteiger partial charge in [-0.25, -0.2) is 0 Å². The van der Waals surface area contributed by atoms with Gasteiger partial charge in [-0.2, -0.15) is 0 Å². The standard InChI is InChI=1S/C9H16N4O2/c10-13-11-6-8(9(14)15)12-7-4-2-1-3-5-7/h7-8,12H,1-6H2,(H,14,15). The average molecular weight is 212 g/mol. The molecule has 1 unspecified atom stereocenters.